The van der Waals surface area contributed by atoms with E-state index in [0.29, 0.717) is 0 Å². The number of hydrogen-bond donors (Lipinski definition) is 1. The lowest BCUT2D eigenvalue weighted by Crippen LogP contribution is -2.25. The van der Waals surface area contributed by atoms with Crippen molar-refractivity contribution >= 4 is 6.08 Å². The molecule has 2 aromatic rings. The molecule has 2 nitrogen and oxygen atoms in total. The third kappa shape index (κ3) is 3.46. The van der Waals surface area contributed by atoms with Crippen LogP contribution in [-0.2, 0) is 0 Å². The highest BCUT2D eigenvalue weighted by molar-refractivity contribution is 5.67. The molecule has 2 aromatic carbocycles. The number of piperidine rings is 1. The van der Waals surface area contributed by atoms with E-state index in [1.54, 1.807) is 7.11 Å². The number of benzene rings is 2. The lowest BCUT2D eigenvalue weighted by Gasteiger charge is -2.18. The molecule has 1 heterocycles. The van der Waals surface area contributed by atoms with E-state index in [2.05, 4.69) is 54.4 Å². The van der Waals surface area contributed by atoms with E-state index in [-0.39, 0.29) is 0 Å². The zero-order valence-corrected chi connectivity index (χ0v) is 12.9. The van der Waals surface area contributed by atoms with Crippen molar-refractivity contribution in [2.75, 3.05) is 20.2 Å². The van der Waals surface area contributed by atoms with Crippen LogP contribution < -0.4 is 10.1 Å². The van der Waals surface area contributed by atoms with Crippen LogP contribution in [0.25, 0.3) is 17.2 Å². The van der Waals surface area contributed by atoms with E-state index in [4.69, 9.17) is 4.74 Å². The Labute approximate surface area is 132 Å². The van der Waals surface area contributed by atoms with Gasteiger partial charge in [0.15, 0.2) is 0 Å². The van der Waals surface area contributed by atoms with Crippen molar-refractivity contribution in [1.29, 1.82) is 0 Å². The summed E-state index contributed by atoms with van der Waals surface area (Å²) in [7, 11) is 1.69. The van der Waals surface area contributed by atoms with Crippen LogP contribution in [0.15, 0.2) is 66.3 Å². The summed E-state index contributed by atoms with van der Waals surface area (Å²) in [5.74, 6) is 0.884. The number of methoxy groups -OCH3 is 1. The van der Waals surface area contributed by atoms with Crippen LogP contribution in [0.4, 0.5) is 0 Å². The average Bonchev–Trinajstić information content (AvgIpc) is 2.56. The lowest BCUT2D eigenvalue weighted by molar-refractivity contribution is 0.415. The highest BCUT2D eigenvalue weighted by Crippen LogP contribution is 2.24. The molecule has 112 valence electrons. The highest BCUT2D eigenvalue weighted by atomic mass is 16.5. The molecule has 2 heteroatoms. The Bertz CT molecular complexity index is 681. The molecule has 0 unspecified atom stereocenters. The molecule has 3 rings (SSSR count). The van der Waals surface area contributed by atoms with Crippen LogP contribution >= 0.6 is 0 Å². The summed E-state index contributed by atoms with van der Waals surface area (Å²) in [6.45, 7) is 5.96. The van der Waals surface area contributed by atoms with Gasteiger partial charge in [-0.3, -0.25) is 0 Å². The van der Waals surface area contributed by atoms with Gasteiger partial charge in [0.1, 0.15) is 5.75 Å². The molecule has 0 atom stereocenters. The molecule has 0 spiro atoms. The van der Waals surface area contributed by atoms with Gasteiger partial charge >= 0.3 is 0 Å². The first-order valence-corrected chi connectivity index (χ1v) is 7.56. The van der Waals surface area contributed by atoms with E-state index in [9.17, 15) is 0 Å². The number of rotatable bonds is 3. The Morgan fingerprint density at radius 1 is 0.955 bits per heavy atom. The fourth-order valence-electron chi connectivity index (χ4n) is 2.74. The van der Waals surface area contributed by atoms with Crippen molar-refractivity contribution in [1.82, 2.24) is 5.32 Å². The summed E-state index contributed by atoms with van der Waals surface area (Å²) in [6.07, 6.45) is 3.27. The summed E-state index contributed by atoms with van der Waals surface area (Å²) >= 11 is 0. The van der Waals surface area contributed by atoms with Crippen molar-refractivity contribution in [3.63, 3.8) is 0 Å². The van der Waals surface area contributed by atoms with Crippen molar-refractivity contribution in [2.45, 2.75) is 6.42 Å². The highest BCUT2D eigenvalue weighted by Gasteiger charge is 2.07. The van der Waals surface area contributed by atoms with E-state index in [0.717, 1.165) is 25.3 Å². The summed E-state index contributed by atoms with van der Waals surface area (Å²) in [6, 6.07) is 16.8. The zero-order valence-electron chi connectivity index (χ0n) is 12.9. The van der Waals surface area contributed by atoms with E-state index < -0.39 is 0 Å². The van der Waals surface area contributed by atoms with Crippen LogP contribution in [0, 0.1) is 0 Å². The Morgan fingerprint density at radius 3 is 2.18 bits per heavy atom. The molecular weight excluding hydrogens is 270 g/mol. The van der Waals surface area contributed by atoms with Crippen LogP contribution in [0.1, 0.15) is 12.0 Å². The quantitative estimate of drug-likeness (QED) is 0.852. The average molecular weight is 291 g/mol. The van der Waals surface area contributed by atoms with Crippen molar-refractivity contribution in [3.8, 4) is 16.9 Å². The Balaban J connectivity index is 1.77. The molecule has 0 aromatic heterocycles. The molecule has 1 aliphatic heterocycles. The minimum absolute atomic E-state index is 0.884. The second kappa shape index (κ2) is 6.63. The van der Waals surface area contributed by atoms with Crippen LogP contribution in [-0.4, -0.2) is 20.2 Å². The van der Waals surface area contributed by atoms with Gasteiger partial charge in [-0.05, 0) is 35.2 Å². The molecule has 1 fully saturated rings. The van der Waals surface area contributed by atoms with Gasteiger partial charge in [0.05, 0.1) is 7.11 Å². The molecule has 0 radical (unpaired) electrons. The van der Waals surface area contributed by atoms with Gasteiger partial charge in [0, 0.05) is 13.1 Å². The lowest BCUT2D eigenvalue weighted by atomic mass is 9.99. The predicted molar refractivity (Wildman–Crippen MR) is 93.0 cm³/mol. The molecule has 1 saturated heterocycles. The third-order valence-corrected chi connectivity index (χ3v) is 3.91. The Hall–Kier alpha value is -2.32. The molecule has 0 bridgehead atoms. The first kappa shape index (κ1) is 14.6. The first-order valence-electron chi connectivity index (χ1n) is 7.56. The van der Waals surface area contributed by atoms with E-state index in [1.165, 1.54) is 27.8 Å². The van der Waals surface area contributed by atoms with Crippen LogP contribution in [0.2, 0.25) is 0 Å². The molecule has 0 aliphatic carbocycles. The summed E-state index contributed by atoms with van der Waals surface area (Å²) < 4.78 is 5.20. The monoisotopic (exact) mass is 291 g/mol. The third-order valence-electron chi connectivity index (χ3n) is 3.91. The van der Waals surface area contributed by atoms with Gasteiger partial charge in [-0.2, -0.15) is 0 Å². The van der Waals surface area contributed by atoms with E-state index in [1.807, 2.05) is 12.1 Å². The summed E-state index contributed by atoms with van der Waals surface area (Å²) in [5.41, 5.74) is 6.31. The van der Waals surface area contributed by atoms with Crippen LogP contribution in [0.3, 0.4) is 0 Å². The molecular formula is C20H21NO. The van der Waals surface area contributed by atoms with Crippen molar-refractivity contribution < 1.29 is 4.74 Å². The summed E-state index contributed by atoms with van der Waals surface area (Å²) in [4.78, 5) is 0. The van der Waals surface area contributed by atoms with E-state index >= 15 is 0 Å². The molecule has 1 N–H and O–H groups in total. The Morgan fingerprint density at radius 2 is 1.59 bits per heavy atom. The topological polar surface area (TPSA) is 21.3 Å². The standard InChI is InChI=1S/C20H21NO/c1-15-11-17(14-21-13-15)12-16-3-5-18(6-4-16)19-7-9-20(22-2)10-8-19/h3-10,12,21H,1,11,13-14H2,2H3. The fraction of sp³-hybridized carbons (Fsp3) is 0.200. The van der Waals surface area contributed by atoms with Gasteiger partial charge in [-0.1, -0.05) is 60.2 Å². The SMILES string of the molecule is C=C1CNCC(=Cc2ccc(-c3ccc(OC)cc3)cc2)C1. The first-order chi connectivity index (χ1) is 10.7. The van der Waals surface area contributed by atoms with Crippen molar-refractivity contribution in [2.24, 2.45) is 0 Å². The summed E-state index contributed by atoms with van der Waals surface area (Å²) in [5, 5.41) is 3.37. The van der Waals surface area contributed by atoms with Gasteiger partial charge in [-0.15, -0.1) is 0 Å². The smallest absolute Gasteiger partial charge is 0.118 e. The van der Waals surface area contributed by atoms with Crippen LogP contribution in [0.5, 0.6) is 5.75 Å². The van der Waals surface area contributed by atoms with Gasteiger partial charge in [0.25, 0.3) is 0 Å². The fourth-order valence-corrected chi connectivity index (χ4v) is 2.74. The molecule has 0 saturated carbocycles. The predicted octanol–water partition coefficient (Wildman–Crippen LogP) is 4.30. The van der Waals surface area contributed by atoms with Gasteiger partial charge in [-0.25, -0.2) is 0 Å². The number of nitrogens with one attached hydrogen (secondary N) is 1. The minimum atomic E-state index is 0.884. The molecule has 22 heavy (non-hydrogen) atoms. The maximum Gasteiger partial charge on any atom is 0.118 e. The second-order valence-electron chi connectivity index (χ2n) is 5.68. The maximum absolute atomic E-state index is 5.20. The zero-order chi connectivity index (χ0) is 15.4. The number of hydrogen-bond acceptors (Lipinski definition) is 2. The molecule has 0 amide bonds. The minimum Gasteiger partial charge on any atom is -0.497 e. The largest absolute Gasteiger partial charge is 0.497 e. The van der Waals surface area contributed by atoms with Gasteiger partial charge in [0.2, 0.25) is 0 Å². The van der Waals surface area contributed by atoms with Gasteiger partial charge < -0.3 is 10.1 Å². The number of ether oxygens (including phenoxy) is 1. The second-order valence-corrected chi connectivity index (χ2v) is 5.68. The maximum atomic E-state index is 5.20. The van der Waals surface area contributed by atoms with Crippen molar-refractivity contribution in [3.05, 3.63) is 71.8 Å². The Kier molecular flexibility index (Phi) is 4.40. The normalized spacial score (nSPS) is 16.8. The molecule has 1 aliphatic rings.